The Bertz CT molecular complexity index is 510. The average molecular weight is 267 g/mol. The highest BCUT2D eigenvalue weighted by Crippen LogP contribution is 2.42. The zero-order valence-electron chi connectivity index (χ0n) is 10.5. The number of esters is 1. The minimum atomic E-state index is -0.469. The molecule has 18 heavy (non-hydrogen) atoms. The summed E-state index contributed by atoms with van der Waals surface area (Å²) < 4.78 is 4.97. The zero-order chi connectivity index (χ0) is 13.3. The van der Waals surface area contributed by atoms with Crippen molar-refractivity contribution in [2.24, 2.45) is 0 Å². The monoisotopic (exact) mass is 266 g/mol. The Labute approximate surface area is 111 Å². The minimum Gasteiger partial charge on any atom is -0.466 e. The third-order valence-corrected chi connectivity index (χ3v) is 3.56. The van der Waals surface area contributed by atoms with Crippen molar-refractivity contribution >= 4 is 23.4 Å². The molecule has 1 aromatic carbocycles. The smallest absolute Gasteiger partial charge is 0.306 e. The third-order valence-electron chi connectivity index (χ3n) is 3.32. The van der Waals surface area contributed by atoms with Gasteiger partial charge in [-0.25, -0.2) is 0 Å². The van der Waals surface area contributed by atoms with Gasteiger partial charge in [0, 0.05) is 22.4 Å². The van der Waals surface area contributed by atoms with Gasteiger partial charge >= 0.3 is 5.97 Å². The second-order valence-electron chi connectivity index (χ2n) is 4.83. The maximum atomic E-state index is 12.0. The Morgan fingerprint density at radius 1 is 1.50 bits per heavy atom. The lowest BCUT2D eigenvalue weighted by Crippen LogP contribution is -2.24. The van der Waals surface area contributed by atoms with Gasteiger partial charge in [-0.3, -0.25) is 9.59 Å². The SMILES string of the molecule is CCOC(=O)C[C@]1(C)CC(=O)c2cc(Cl)ccc21. The molecule has 0 N–H and O–H groups in total. The van der Waals surface area contributed by atoms with Gasteiger partial charge in [-0.15, -0.1) is 0 Å². The summed E-state index contributed by atoms with van der Waals surface area (Å²) in [6.07, 6.45) is 0.558. The van der Waals surface area contributed by atoms with E-state index in [0.717, 1.165) is 5.56 Å². The topological polar surface area (TPSA) is 43.4 Å². The lowest BCUT2D eigenvalue weighted by atomic mass is 9.81. The molecule has 0 bridgehead atoms. The van der Waals surface area contributed by atoms with Crippen molar-refractivity contribution in [2.75, 3.05) is 6.61 Å². The first-order chi connectivity index (χ1) is 8.46. The number of carbonyl (C=O) groups excluding carboxylic acids is 2. The van der Waals surface area contributed by atoms with Crippen LogP contribution in [0, 0.1) is 0 Å². The molecule has 0 aromatic heterocycles. The molecule has 0 fully saturated rings. The molecule has 1 atom stereocenters. The van der Waals surface area contributed by atoms with Gasteiger partial charge in [-0.2, -0.15) is 0 Å². The van der Waals surface area contributed by atoms with Gasteiger partial charge in [0.15, 0.2) is 5.78 Å². The molecule has 0 saturated carbocycles. The van der Waals surface area contributed by atoms with E-state index in [1.165, 1.54) is 0 Å². The fourth-order valence-electron chi connectivity index (χ4n) is 2.51. The van der Waals surface area contributed by atoms with E-state index < -0.39 is 5.41 Å². The molecule has 2 rings (SSSR count). The Morgan fingerprint density at radius 2 is 2.22 bits per heavy atom. The van der Waals surface area contributed by atoms with E-state index in [1.807, 2.05) is 13.0 Å². The second kappa shape index (κ2) is 4.73. The van der Waals surface area contributed by atoms with Crippen LogP contribution < -0.4 is 0 Å². The van der Waals surface area contributed by atoms with Crippen molar-refractivity contribution in [3.63, 3.8) is 0 Å². The minimum absolute atomic E-state index is 0.0410. The third kappa shape index (κ3) is 2.27. The Hall–Kier alpha value is -1.35. The summed E-state index contributed by atoms with van der Waals surface area (Å²) in [4.78, 5) is 23.6. The van der Waals surface area contributed by atoms with Crippen molar-refractivity contribution < 1.29 is 14.3 Å². The molecular formula is C14H15ClO3. The highest BCUT2D eigenvalue weighted by atomic mass is 35.5. The van der Waals surface area contributed by atoms with Crippen molar-refractivity contribution in [2.45, 2.75) is 32.1 Å². The van der Waals surface area contributed by atoms with Gasteiger partial charge in [0.05, 0.1) is 13.0 Å². The molecule has 1 aliphatic carbocycles. The number of ketones is 1. The number of rotatable bonds is 3. The van der Waals surface area contributed by atoms with E-state index in [0.29, 0.717) is 23.6 Å². The van der Waals surface area contributed by atoms with Crippen LogP contribution in [0.15, 0.2) is 18.2 Å². The van der Waals surface area contributed by atoms with Gasteiger partial charge in [0.2, 0.25) is 0 Å². The van der Waals surface area contributed by atoms with Gasteiger partial charge in [-0.05, 0) is 24.6 Å². The van der Waals surface area contributed by atoms with Gasteiger partial charge < -0.3 is 4.74 Å². The molecule has 0 radical (unpaired) electrons. The fourth-order valence-corrected chi connectivity index (χ4v) is 2.68. The average Bonchev–Trinajstić information content (AvgIpc) is 2.50. The predicted molar refractivity (Wildman–Crippen MR) is 69.0 cm³/mol. The predicted octanol–water partition coefficient (Wildman–Crippen LogP) is 3.14. The van der Waals surface area contributed by atoms with Crippen LogP contribution in [-0.4, -0.2) is 18.4 Å². The first-order valence-electron chi connectivity index (χ1n) is 5.95. The molecule has 0 spiro atoms. The van der Waals surface area contributed by atoms with Crippen LogP contribution in [0.25, 0.3) is 0 Å². The van der Waals surface area contributed by atoms with Crippen molar-refractivity contribution in [3.8, 4) is 0 Å². The molecule has 0 amide bonds. The molecule has 4 heteroatoms. The Balaban J connectivity index is 2.33. The summed E-state index contributed by atoms with van der Waals surface area (Å²) >= 11 is 5.89. The molecule has 0 aliphatic heterocycles. The lowest BCUT2D eigenvalue weighted by Gasteiger charge is -2.23. The molecule has 0 saturated heterocycles. The molecular weight excluding hydrogens is 252 g/mol. The molecule has 96 valence electrons. The Kier molecular flexibility index (Phi) is 3.44. The van der Waals surface area contributed by atoms with Gasteiger partial charge in [0.1, 0.15) is 0 Å². The largest absolute Gasteiger partial charge is 0.466 e. The maximum absolute atomic E-state index is 12.0. The second-order valence-corrected chi connectivity index (χ2v) is 5.27. The molecule has 1 aliphatic rings. The van der Waals surface area contributed by atoms with E-state index in [9.17, 15) is 9.59 Å². The summed E-state index contributed by atoms with van der Waals surface area (Å²) in [5.41, 5.74) is 1.06. The molecule has 0 heterocycles. The van der Waals surface area contributed by atoms with E-state index in [-0.39, 0.29) is 18.2 Å². The van der Waals surface area contributed by atoms with E-state index in [4.69, 9.17) is 16.3 Å². The summed E-state index contributed by atoms with van der Waals surface area (Å²) in [7, 11) is 0. The number of hydrogen-bond acceptors (Lipinski definition) is 3. The van der Waals surface area contributed by atoms with E-state index >= 15 is 0 Å². The van der Waals surface area contributed by atoms with Gasteiger partial charge in [-0.1, -0.05) is 24.6 Å². The van der Waals surface area contributed by atoms with Crippen molar-refractivity contribution in [3.05, 3.63) is 34.3 Å². The summed E-state index contributed by atoms with van der Waals surface area (Å²) in [5.74, 6) is -0.227. The molecule has 3 nitrogen and oxygen atoms in total. The number of halogens is 1. The van der Waals surface area contributed by atoms with Crippen LogP contribution in [-0.2, 0) is 14.9 Å². The first kappa shape index (κ1) is 13.1. The molecule has 1 aromatic rings. The number of hydrogen-bond donors (Lipinski definition) is 0. The highest BCUT2D eigenvalue weighted by molar-refractivity contribution is 6.31. The fraction of sp³-hybridized carbons (Fsp3) is 0.429. The summed E-state index contributed by atoms with van der Waals surface area (Å²) in [6, 6.07) is 5.26. The number of fused-ring (bicyclic) bond motifs is 1. The van der Waals surface area contributed by atoms with Crippen molar-refractivity contribution in [1.29, 1.82) is 0 Å². The zero-order valence-corrected chi connectivity index (χ0v) is 11.2. The van der Waals surface area contributed by atoms with Gasteiger partial charge in [0.25, 0.3) is 0 Å². The van der Waals surface area contributed by atoms with Crippen LogP contribution in [0.4, 0.5) is 0 Å². The van der Waals surface area contributed by atoms with Crippen LogP contribution in [0.3, 0.4) is 0 Å². The lowest BCUT2D eigenvalue weighted by molar-refractivity contribution is -0.144. The van der Waals surface area contributed by atoms with E-state index in [2.05, 4.69) is 0 Å². The normalized spacial score (nSPS) is 21.8. The summed E-state index contributed by atoms with van der Waals surface area (Å²) in [6.45, 7) is 4.05. The number of ether oxygens (including phenoxy) is 1. The molecule has 0 unspecified atom stereocenters. The maximum Gasteiger partial charge on any atom is 0.306 e. The van der Waals surface area contributed by atoms with Crippen LogP contribution in [0.2, 0.25) is 5.02 Å². The number of carbonyl (C=O) groups is 2. The van der Waals surface area contributed by atoms with Crippen LogP contribution in [0.5, 0.6) is 0 Å². The van der Waals surface area contributed by atoms with Crippen LogP contribution >= 0.6 is 11.6 Å². The van der Waals surface area contributed by atoms with Crippen LogP contribution in [0.1, 0.15) is 42.6 Å². The summed E-state index contributed by atoms with van der Waals surface area (Å²) in [5, 5.41) is 0.544. The first-order valence-corrected chi connectivity index (χ1v) is 6.33. The highest BCUT2D eigenvalue weighted by Gasteiger charge is 2.41. The van der Waals surface area contributed by atoms with Crippen molar-refractivity contribution in [1.82, 2.24) is 0 Å². The quantitative estimate of drug-likeness (QED) is 0.790. The Morgan fingerprint density at radius 3 is 2.89 bits per heavy atom. The van der Waals surface area contributed by atoms with E-state index in [1.54, 1.807) is 19.1 Å². The standard InChI is InChI=1S/C14H15ClO3/c1-3-18-13(17)8-14(2)7-12(16)10-6-9(15)4-5-11(10)14/h4-6H,3,7-8H2,1-2H3/t14-/m0/s1. The number of benzene rings is 1. The number of Topliss-reactive ketones (excluding diaryl/α,β-unsaturated/α-hetero) is 1.